The van der Waals surface area contributed by atoms with Crippen molar-refractivity contribution < 1.29 is 36.5 Å². The van der Waals surface area contributed by atoms with E-state index in [4.69, 9.17) is 9.47 Å². The fourth-order valence-electron chi connectivity index (χ4n) is 4.21. The zero-order valence-corrected chi connectivity index (χ0v) is 23.8. The molecule has 0 unspecified atom stereocenters. The molecule has 214 valence electrons. The molecule has 10 heteroatoms. The van der Waals surface area contributed by atoms with Crippen LogP contribution in [0.3, 0.4) is 0 Å². The van der Waals surface area contributed by atoms with Crippen molar-refractivity contribution in [2.45, 2.75) is 32.8 Å². The van der Waals surface area contributed by atoms with Crippen molar-refractivity contribution in [2.24, 2.45) is 0 Å². The Kier molecular flexibility index (Phi) is 8.19. The Morgan fingerprint density at radius 3 is 1.14 bits per heavy atom. The van der Waals surface area contributed by atoms with Crippen LogP contribution in [0.15, 0.2) is 141 Å². The Morgan fingerprint density at radius 1 is 0.452 bits per heavy atom. The van der Waals surface area contributed by atoms with Crippen LogP contribution in [0.2, 0.25) is 0 Å². The summed E-state index contributed by atoms with van der Waals surface area (Å²) in [7, 11) is -7.78. The van der Waals surface area contributed by atoms with Crippen LogP contribution in [0.25, 0.3) is 0 Å². The van der Waals surface area contributed by atoms with E-state index in [1.165, 1.54) is 48.5 Å². The summed E-state index contributed by atoms with van der Waals surface area (Å²) < 4.78 is 63.3. The van der Waals surface area contributed by atoms with Crippen LogP contribution in [0.5, 0.6) is 23.0 Å². The average molecular weight is 603 g/mol. The summed E-state index contributed by atoms with van der Waals surface area (Å²) in [4.78, 5) is -0.271. The third-order valence-corrected chi connectivity index (χ3v) is 10.1. The Labute approximate surface area is 243 Å². The van der Waals surface area contributed by atoms with Crippen molar-refractivity contribution in [1.29, 1.82) is 0 Å². The van der Waals surface area contributed by atoms with Crippen LogP contribution in [0.4, 0.5) is 0 Å². The summed E-state index contributed by atoms with van der Waals surface area (Å²) in [6, 6.07) is 30.9. The predicted octanol–water partition coefficient (Wildman–Crippen LogP) is 5.92. The SMILES string of the molecule is O=S(=O)(c1ccc(OCc2ccccc2COc2ccc(S(=O)(=O)c3ccccc3O)cc2)cc1)c1ccccc1O. The summed E-state index contributed by atoms with van der Waals surface area (Å²) in [6.45, 7) is 0.395. The molecule has 5 aromatic rings. The van der Waals surface area contributed by atoms with Gasteiger partial charge in [0.2, 0.25) is 19.7 Å². The smallest absolute Gasteiger partial charge is 0.210 e. The van der Waals surface area contributed by atoms with E-state index in [-0.39, 0.29) is 44.3 Å². The zero-order valence-electron chi connectivity index (χ0n) is 22.1. The molecule has 0 aliphatic heterocycles. The lowest BCUT2D eigenvalue weighted by Gasteiger charge is -2.13. The molecule has 8 nitrogen and oxygen atoms in total. The van der Waals surface area contributed by atoms with Crippen LogP contribution >= 0.6 is 0 Å². The van der Waals surface area contributed by atoms with Gasteiger partial charge >= 0.3 is 0 Å². The first-order valence-electron chi connectivity index (χ1n) is 12.7. The molecule has 0 aliphatic rings. The minimum absolute atomic E-state index is 0.0320. The van der Waals surface area contributed by atoms with Gasteiger partial charge in [-0.15, -0.1) is 0 Å². The molecule has 5 aromatic carbocycles. The van der Waals surface area contributed by atoms with Crippen molar-refractivity contribution >= 4 is 19.7 Å². The molecular formula is C32H26O8S2. The van der Waals surface area contributed by atoms with Gasteiger partial charge in [-0.05, 0) is 83.9 Å². The van der Waals surface area contributed by atoms with Gasteiger partial charge in [0.25, 0.3) is 0 Å². The van der Waals surface area contributed by atoms with Gasteiger partial charge in [0.05, 0.1) is 9.79 Å². The number of ether oxygens (including phenoxy) is 2. The highest BCUT2D eigenvalue weighted by Gasteiger charge is 2.22. The summed E-state index contributed by atoms with van der Waals surface area (Å²) in [5.41, 5.74) is 1.70. The molecule has 0 spiro atoms. The molecule has 0 atom stereocenters. The Balaban J connectivity index is 1.23. The van der Waals surface area contributed by atoms with Gasteiger partial charge in [-0.1, -0.05) is 48.5 Å². The van der Waals surface area contributed by atoms with Crippen LogP contribution in [0.1, 0.15) is 11.1 Å². The fraction of sp³-hybridized carbons (Fsp3) is 0.0625. The normalized spacial score (nSPS) is 11.6. The van der Waals surface area contributed by atoms with E-state index in [0.29, 0.717) is 11.5 Å². The third-order valence-electron chi connectivity index (χ3n) is 6.48. The van der Waals surface area contributed by atoms with Gasteiger partial charge < -0.3 is 19.7 Å². The maximum absolute atomic E-state index is 12.9. The molecule has 0 saturated carbocycles. The number of benzene rings is 5. The van der Waals surface area contributed by atoms with Gasteiger partial charge in [0.15, 0.2) is 0 Å². The highest BCUT2D eigenvalue weighted by Crippen LogP contribution is 2.31. The summed E-state index contributed by atoms with van der Waals surface area (Å²) in [5, 5.41) is 19.9. The van der Waals surface area contributed by atoms with E-state index in [1.807, 2.05) is 24.3 Å². The van der Waals surface area contributed by atoms with Crippen LogP contribution in [-0.2, 0) is 32.9 Å². The molecule has 0 radical (unpaired) electrons. The highest BCUT2D eigenvalue weighted by atomic mass is 32.2. The molecule has 5 rings (SSSR count). The number of phenolic OH excluding ortho intramolecular Hbond substituents is 2. The van der Waals surface area contributed by atoms with Crippen molar-refractivity contribution in [3.63, 3.8) is 0 Å². The lowest BCUT2D eigenvalue weighted by atomic mass is 10.1. The Morgan fingerprint density at radius 2 is 0.786 bits per heavy atom. The predicted molar refractivity (Wildman–Crippen MR) is 155 cm³/mol. The Hall–Kier alpha value is -4.80. The van der Waals surface area contributed by atoms with Crippen molar-refractivity contribution in [2.75, 3.05) is 0 Å². The molecule has 0 saturated heterocycles. The van der Waals surface area contributed by atoms with Gasteiger partial charge in [-0.25, -0.2) is 16.8 Å². The topological polar surface area (TPSA) is 127 Å². The second-order valence-electron chi connectivity index (χ2n) is 9.23. The largest absolute Gasteiger partial charge is 0.507 e. The summed E-state index contributed by atoms with van der Waals surface area (Å²) >= 11 is 0. The van der Waals surface area contributed by atoms with E-state index >= 15 is 0 Å². The Bertz CT molecular complexity index is 1770. The van der Waals surface area contributed by atoms with Gasteiger partial charge in [0, 0.05) is 0 Å². The fourth-order valence-corrected chi connectivity index (χ4v) is 6.91. The quantitative estimate of drug-likeness (QED) is 0.202. The third kappa shape index (κ3) is 6.09. The maximum Gasteiger partial charge on any atom is 0.210 e. The molecule has 0 heterocycles. The van der Waals surface area contributed by atoms with Crippen LogP contribution < -0.4 is 9.47 Å². The second-order valence-corrected chi connectivity index (χ2v) is 13.1. The number of hydrogen-bond donors (Lipinski definition) is 2. The van der Waals surface area contributed by atoms with E-state index in [0.717, 1.165) is 11.1 Å². The maximum atomic E-state index is 12.9. The van der Waals surface area contributed by atoms with Crippen molar-refractivity contribution in [3.8, 4) is 23.0 Å². The molecule has 0 aromatic heterocycles. The standard InChI is InChI=1S/C32H26O8S2/c33-29-9-3-5-11-31(29)41(35,36)27-17-13-25(14-18-27)39-21-23-7-1-2-8-24(23)22-40-26-15-19-28(20-16-26)42(37,38)32-12-6-4-10-30(32)34/h1-20,33-34H,21-22H2. The molecular weight excluding hydrogens is 576 g/mol. The summed E-state index contributed by atoms with van der Waals surface area (Å²) in [5.74, 6) is 0.293. The number of phenols is 2. The van der Waals surface area contributed by atoms with E-state index < -0.39 is 19.7 Å². The van der Waals surface area contributed by atoms with Gasteiger partial charge in [-0.3, -0.25) is 0 Å². The van der Waals surface area contributed by atoms with Crippen molar-refractivity contribution in [3.05, 3.63) is 132 Å². The monoisotopic (exact) mass is 602 g/mol. The van der Waals surface area contributed by atoms with Gasteiger partial charge in [-0.2, -0.15) is 0 Å². The molecule has 0 bridgehead atoms. The average Bonchev–Trinajstić information content (AvgIpc) is 3.00. The lowest BCUT2D eigenvalue weighted by Crippen LogP contribution is -2.05. The number of hydrogen-bond acceptors (Lipinski definition) is 8. The molecule has 42 heavy (non-hydrogen) atoms. The molecule has 0 aliphatic carbocycles. The molecule has 2 N–H and O–H groups in total. The minimum atomic E-state index is -3.89. The number of aromatic hydroxyl groups is 2. The molecule has 0 fully saturated rings. The van der Waals surface area contributed by atoms with Crippen LogP contribution in [0, 0.1) is 0 Å². The minimum Gasteiger partial charge on any atom is -0.507 e. The van der Waals surface area contributed by atoms with E-state index in [2.05, 4.69) is 0 Å². The number of sulfone groups is 2. The van der Waals surface area contributed by atoms with E-state index in [9.17, 15) is 27.0 Å². The lowest BCUT2D eigenvalue weighted by molar-refractivity contribution is 0.285. The zero-order chi connectivity index (χ0) is 29.7. The molecule has 0 amide bonds. The van der Waals surface area contributed by atoms with Crippen LogP contribution in [-0.4, -0.2) is 27.0 Å². The second kappa shape index (κ2) is 12.0. The van der Waals surface area contributed by atoms with E-state index in [1.54, 1.807) is 48.5 Å². The van der Waals surface area contributed by atoms with Gasteiger partial charge in [0.1, 0.15) is 46.0 Å². The summed E-state index contributed by atoms with van der Waals surface area (Å²) in [6.07, 6.45) is 0. The first-order valence-corrected chi connectivity index (χ1v) is 15.7. The van der Waals surface area contributed by atoms with Crippen molar-refractivity contribution in [1.82, 2.24) is 0 Å². The number of rotatable bonds is 10. The number of para-hydroxylation sites is 2. The highest BCUT2D eigenvalue weighted by molar-refractivity contribution is 7.92. The first kappa shape index (κ1) is 28.7. The first-order chi connectivity index (χ1) is 20.2.